The largest absolute Gasteiger partial charge is 0.383 e. The second-order valence-corrected chi connectivity index (χ2v) is 7.18. The van der Waals surface area contributed by atoms with Crippen LogP contribution in [0.4, 0.5) is 4.39 Å². The molecule has 2 rings (SSSR count). The minimum atomic E-state index is -3.69. The summed E-state index contributed by atoms with van der Waals surface area (Å²) in [6, 6.07) is 3.93. The van der Waals surface area contributed by atoms with Crippen molar-refractivity contribution in [2.45, 2.75) is 10.9 Å². The van der Waals surface area contributed by atoms with E-state index in [4.69, 9.17) is 10.5 Å². The smallest absolute Gasteiger partial charge is 0.243 e. The molecule has 1 atom stereocenters. The molecule has 0 aromatic heterocycles. The summed E-state index contributed by atoms with van der Waals surface area (Å²) in [5, 5.41) is 0. The molecule has 0 saturated carbocycles. The van der Waals surface area contributed by atoms with Crippen molar-refractivity contribution in [1.29, 1.82) is 0 Å². The molecule has 1 aliphatic rings. The van der Waals surface area contributed by atoms with Crippen LogP contribution >= 0.6 is 12.4 Å². The first-order valence-corrected chi connectivity index (χ1v) is 8.59. The lowest BCUT2D eigenvalue weighted by molar-refractivity contribution is -0.134. The number of amides is 1. The van der Waals surface area contributed by atoms with Gasteiger partial charge in [-0.05, 0) is 24.3 Å². The first-order valence-electron chi connectivity index (χ1n) is 7.15. The average Bonchev–Trinajstić information content (AvgIpc) is 2.55. The Labute approximate surface area is 147 Å². The minimum Gasteiger partial charge on any atom is -0.383 e. The molecular formula is C14H21ClFN3O4S. The maximum Gasteiger partial charge on any atom is 0.243 e. The highest BCUT2D eigenvalue weighted by Gasteiger charge is 2.31. The molecule has 2 N–H and O–H groups in total. The van der Waals surface area contributed by atoms with Crippen molar-refractivity contribution in [2.75, 3.05) is 39.9 Å². The van der Waals surface area contributed by atoms with Gasteiger partial charge in [0.2, 0.25) is 15.9 Å². The van der Waals surface area contributed by atoms with E-state index in [9.17, 15) is 17.6 Å². The minimum absolute atomic E-state index is 0. The van der Waals surface area contributed by atoms with Gasteiger partial charge in [0.05, 0.1) is 11.5 Å². The number of rotatable bonds is 5. The lowest BCUT2D eigenvalue weighted by Crippen LogP contribution is -2.55. The molecule has 0 spiro atoms. The molecule has 1 aliphatic heterocycles. The predicted molar refractivity (Wildman–Crippen MR) is 88.8 cm³/mol. The second kappa shape index (κ2) is 8.72. The number of hydrogen-bond donors (Lipinski definition) is 1. The molecule has 1 aromatic carbocycles. The highest BCUT2D eigenvalue weighted by Crippen LogP contribution is 2.18. The molecule has 0 radical (unpaired) electrons. The number of sulfonamides is 1. The third-order valence-electron chi connectivity index (χ3n) is 3.67. The fourth-order valence-electron chi connectivity index (χ4n) is 2.39. The first kappa shape index (κ1) is 20.8. The number of nitrogens with two attached hydrogens (primary N) is 1. The van der Waals surface area contributed by atoms with Crippen molar-refractivity contribution in [3.63, 3.8) is 0 Å². The van der Waals surface area contributed by atoms with E-state index in [0.717, 1.165) is 12.1 Å². The van der Waals surface area contributed by atoms with Crippen molar-refractivity contribution in [1.82, 2.24) is 9.21 Å². The summed E-state index contributed by atoms with van der Waals surface area (Å²) in [7, 11) is -2.23. The molecule has 0 aliphatic carbocycles. The van der Waals surface area contributed by atoms with Crippen molar-refractivity contribution < 1.29 is 22.3 Å². The molecule has 10 heteroatoms. The zero-order valence-corrected chi connectivity index (χ0v) is 14.9. The maximum absolute atomic E-state index is 12.9. The monoisotopic (exact) mass is 381 g/mol. The standard InChI is InChI=1S/C14H20FN3O4S.ClH/c1-22-10-13(16)14(19)17-6-8-18(9-7-17)23(20,21)12-4-2-11(15)3-5-12;/h2-5,13H,6-10,16H2,1H3;1H. The second-order valence-electron chi connectivity index (χ2n) is 5.25. The van der Waals surface area contributed by atoms with Crippen LogP contribution in [-0.2, 0) is 19.6 Å². The predicted octanol–water partition coefficient (Wildman–Crippen LogP) is 0.0541. The van der Waals surface area contributed by atoms with Gasteiger partial charge in [-0.25, -0.2) is 12.8 Å². The van der Waals surface area contributed by atoms with Crippen LogP contribution in [0.25, 0.3) is 0 Å². The fraction of sp³-hybridized carbons (Fsp3) is 0.500. The topological polar surface area (TPSA) is 92.9 Å². The van der Waals surface area contributed by atoms with E-state index in [-0.39, 0.29) is 56.0 Å². The molecule has 136 valence electrons. The molecular weight excluding hydrogens is 361 g/mol. The summed E-state index contributed by atoms with van der Waals surface area (Å²) in [5.41, 5.74) is 5.70. The Balaban J connectivity index is 0.00000288. The van der Waals surface area contributed by atoms with E-state index in [2.05, 4.69) is 0 Å². The molecule has 1 heterocycles. The molecule has 0 bridgehead atoms. The van der Waals surface area contributed by atoms with Crippen LogP contribution in [0.5, 0.6) is 0 Å². The number of nitrogens with zero attached hydrogens (tertiary/aromatic N) is 2. The van der Waals surface area contributed by atoms with Gasteiger partial charge in [0.15, 0.2) is 0 Å². The molecule has 1 saturated heterocycles. The average molecular weight is 382 g/mol. The van der Waals surface area contributed by atoms with Crippen molar-refractivity contribution in [3.05, 3.63) is 30.1 Å². The van der Waals surface area contributed by atoms with E-state index < -0.39 is 21.9 Å². The number of carbonyl (C=O) groups is 1. The summed E-state index contributed by atoms with van der Waals surface area (Å²) >= 11 is 0. The van der Waals surface area contributed by atoms with Crippen LogP contribution in [0.1, 0.15) is 0 Å². The number of carbonyl (C=O) groups excluding carboxylic acids is 1. The van der Waals surface area contributed by atoms with Crippen LogP contribution in [0.15, 0.2) is 29.2 Å². The Bertz CT molecular complexity index is 648. The van der Waals surface area contributed by atoms with Gasteiger partial charge >= 0.3 is 0 Å². The van der Waals surface area contributed by atoms with Gasteiger partial charge in [-0.1, -0.05) is 0 Å². The summed E-state index contributed by atoms with van der Waals surface area (Å²) in [6.07, 6.45) is 0. The Morgan fingerprint density at radius 2 is 1.79 bits per heavy atom. The van der Waals surface area contributed by atoms with Crippen LogP contribution < -0.4 is 5.73 Å². The van der Waals surface area contributed by atoms with Crippen LogP contribution in [-0.4, -0.2) is 69.5 Å². The molecule has 1 amide bonds. The van der Waals surface area contributed by atoms with Crippen molar-refractivity contribution in [3.8, 4) is 0 Å². The fourth-order valence-corrected chi connectivity index (χ4v) is 3.81. The van der Waals surface area contributed by atoms with Gasteiger partial charge in [-0.3, -0.25) is 4.79 Å². The summed E-state index contributed by atoms with van der Waals surface area (Å²) in [6.45, 7) is 0.983. The number of piperazine rings is 1. The van der Waals surface area contributed by atoms with E-state index in [1.165, 1.54) is 28.4 Å². The van der Waals surface area contributed by atoms with E-state index >= 15 is 0 Å². The number of benzene rings is 1. The van der Waals surface area contributed by atoms with Crippen LogP contribution in [0.3, 0.4) is 0 Å². The zero-order chi connectivity index (χ0) is 17.0. The summed E-state index contributed by atoms with van der Waals surface area (Å²) in [5.74, 6) is -0.753. The third kappa shape index (κ3) is 4.64. The van der Waals surface area contributed by atoms with Gasteiger partial charge in [0.25, 0.3) is 0 Å². The van der Waals surface area contributed by atoms with Crippen LogP contribution in [0.2, 0.25) is 0 Å². The van der Waals surface area contributed by atoms with Crippen molar-refractivity contribution >= 4 is 28.3 Å². The molecule has 1 unspecified atom stereocenters. The Kier molecular flexibility index (Phi) is 7.56. The maximum atomic E-state index is 12.9. The molecule has 7 nitrogen and oxygen atoms in total. The number of ether oxygens (including phenoxy) is 1. The molecule has 1 fully saturated rings. The van der Waals surface area contributed by atoms with Gasteiger partial charge in [-0.2, -0.15) is 4.31 Å². The first-order chi connectivity index (χ1) is 10.9. The summed E-state index contributed by atoms with van der Waals surface area (Å²) in [4.78, 5) is 13.6. The lowest BCUT2D eigenvalue weighted by atomic mass is 10.2. The number of halogens is 2. The lowest BCUT2D eigenvalue weighted by Gasteiger charge is -2.35. The highest BCUT2D eigenvalue weighted by molar-refractivity contribution is 7.89. The Morgan fingerprint density at radius 1 is 1.25 bits per heavy atom. The Morgan fingerprint density at radius 3 is 2.29 bits per heavy atom. The molecule has 24 heavy (non-hydrogen) atoms. The summed E-state index contributed by atoms with van der Waals surface area (Å²) < 4.78 is 44.0. The van der Waals surface area contributed by atoms with E-state index in [0.29, 0.717) is 0 Å². The normalized spacial score (nSPS) is 17.2. The van der Waals surface area contributed by atoms with Gasteiger partial charge in [0.1, 0.15) is 11.9 Å². The van der Waals surface area contributed by atoms with E-state index in [1.54, 1.807) is 0 Å². The number of hydrogen-bond acceptors (Lipinski definition) is 5. The van der Waals surface area contributed by atoms with Gasteiger partial charge in [-0.15, -0.1) is 12.4 Å². The molecule has 1 aromatic rings. The van der Waals surface area contributed by atoms with E-state index in [1.807, 2.05) is 0 Å². The van der Waals surface area contributed by atoms with Gasteiger partial charge < -0.3 is 15.4 Å². The zero-order valence-electron chi connectivity index (χ0n) is 13.2. The van der Waals surface area contributed by atoms with Gasteiger partial charge in [0, 0.05) is 33.3 Å². The SMILES string of the molecule is COCC(N)C(=O)N1CCN(S(=O)(=O)c2ccc(F)cc2)CC1.Cl. The van der Waals surface area contributed by atoms with Crippen LogP contribution in [0, 0.1) is 5.82 Å². The Hall–Kier alpha value is -1.26. The van der Waals surface area contributed by atoms with Crippen molar-refractivity contribution in [2.24, 2.45) is 5.73 Å². The quantitative estimate of drug-likeness (QED) is 0.778. The number of methoxy groups -OCH3 is 1. The third-order valence-corrected chi connectivity index (χ3v) is 5.58. The highest BCUT2D eigenvalue weighted by atomic mass is 35.5.